The molecule has 0 atom stereocenters. The van der Waals surface area contributed by atoms with Crippen LogP contribution < -0.4 is 0 Å². The molecule has 34 heavy (non-hydrogen) atoms. The Morgan fingerprint density at radius 3 is 2.47 bits per heavy atom. The van der Waals surface area contributed by atoms with Gasteiger partial charge in [-0.1, -0.05) is 11.6 Å². The van der Waals surface area contributed by atoms with Gasteiger partial charge in [-0.05, 0) is 56.1 Å². The number of fused-ring (bicyclic) bond motifs is 1. The lowest BCUT2D eigenvalue weighted by Gasteiger charge is -2.41. The third kappa shape index (κ3) is 4.49. The number of aromatic nitrogens is 2. The van der Waals surface area contributed by atoms with E-state index in [1.165, 1.54) is 9.30 Å². The first-order valence-electron chi connectivity index (χ1n) is 11.6. The van der Waals surface area contributed by atoms with Gasteiger partial charge in [0.2, 0.25) is 11.8 Å². The minimum atomic E-state index is -4.60. The number of nitrogens with zero attached hydrogens (tertiary/aromatic N) is 4. The number of halogens is 4. The van der Waals surface area contributed by atoms with Crippen LogP contribution in [0.5, 0.6) is 0 Å². The van der Waals surface area contributed by atoms with Gasteiger partial charge in [-0.15, -0.1) is 0 Å². The van der Waals surface area contributed by atoms with E-state index in [-0.39, 0.29) is 53.4 Å². The molecule has 7 nitrogen and oxygen atoms in total. The van der Waals surface area contributed by atoms with Crippen LogP contribution in [0.4, 0.5) is 13.2 Å². The summed E-state index contributed by atoms with van der Waals surface area (Å²) in [5, 5.41) is 9.68. The molecule has 2 aromatic rings. The maximum absolute atomic E-state index is 13.7. The number of amides is 2. The zero-order valence-corrected chi connectivity index (χ0v) is 19.3. The average Bonchev–Trinajstić information content (AvgIpc) is 3.59. The number of pyridine rings is 1. The summed E-state index contributed by atoms with van der Waals surface area (Å²) in [5.41, 5.74) is -0.542. The summed E-state index contributed by atoms with van der Waals surface area (Å²) in [6, 6.07) is 1.20. The Bertz CT molecular complexity index is 1120. The maximum atomic E-state index is 13.7. The number of aliphatic hydroxyl groups is 1. The first kappa shape index (κ1) is 23.4. The predicted octanol–water partition coefficient (Wildman–Crippen LogP) is 3.40. The van der Waals surface area contributed by atoms with Crippen molar-refractivity contribution in [3.63, 3.8) is 0 Å². The van der Waals surface area contributed by atoms with Crippen LogP contribution in [0.1, 0.15) is 61.3 Å². The van der Waals surface area contributed by atoms with Crippen molar-refractivity contribution in [3.8, 4) is 0 Å². The van der Waals surface area contributed by atoms with Gasteiger partial charge in [0.15, 0.2) is 5.65 Å². The molecule has 3 heterocycles. The average molecular weight is 499 g/mol. The lowest BCUT2D eigenvalue weighted by atomic mass is 9.91. The number of alkyl halides is 3. The van der Waals surface area contributed by atoms with E-state index in [1.54, 1.807) is 11.1 Å². The van der Waals surface area contributed by atoms with Crippen molar-refractivity contribution in [1.29, 1.82) is 0 Å². The lowest BCUT2D eigenvalue weighted by molar-refractivity contribution is -0.147. The fraction of sp³-hybridized carbons (Fsp3) is 0.609. The number of imidazole rings is 1. The molecule has 1 aliphatic heterocycles. The molecular formula is C23H26ClF3N4O3. The number of carbonyl (C=O) groups excluding carboxylic acids is 2. The molecule has 0 spiro atoms. The number of piperazine rings is 1. The second kappa shape index (κ2) is 8.71. The lowest BCUT2D eigenvalue weighted by Crippen LogP contribution is -2.56. The minimum Gasteiger partial charge on any atom is -0.393 e. The van der Waals surface area contributed by atoms with Gasteiger partial charge in [0.05, 0.1) is 30.3 Å². The maximum Gasteiger partial charge on any atom is 0.419 e. The van der Waals surface area contributed by atoms with E-state index in [2.05, 4.69) is 4.98 Å². The van der Waals surface area contributed by atoms with Gasteiger partial charge in [-0.25, -0.2) is 4.98 Å². The molecule has 3 aliphatic rings. The van der Waals surface area contributed by atoms with Crippen LogP contribution in [0.3, 0.4) is 0 Å². The van der Waals surface area contributed by atoms with Gasteiger partial charge in [0.1, 0.15) is 5.15 Å². The largest absolute Gasteiger partial charge is 0.419 e. The van der Waals surface area contributed by atoms with Crippen molar-refractivity contribution in [2.75, 3.05) is 19.6 Å². The molecule has 0 unspecified atom stereocenters. The van der Waals surface area contributed by atoms with Crippen molar-refractivity contribution in [2.45, 2.75) is 69.2 Å². The number of hydrogen-bond acceptors (Lipinski definition) is 4. The fourth-order valence-electron chi connectivity index (χ4n) is 5.06. The highest BCUT2D eigenvalue weighted by Crippen LogP contribution is 2.43. The van der Waals surface area contributed by atoms with Gasteiger partial charge < -0.3 is 14.9 Å². The summed E-state index contributed by atoms with van der Waals surface area (Å²) >= 11 is 6.39. The van der Waals surface area contributed by atoms with E-state index in [0.717, 1.165) is 31.7 Å². The molecule has 2 aromatic heterocycles. The van der Waals surface area contributed by atoms with Crippen molar-refractivity contribution in [1.82, 2.24) is 19.2 Å². The van der Waals surface area contributed by atoms with Gasteiger partial charge in [-0.3, -0.25) is 14.0 Å². The molecular weight excluding hydrogens is 473 g/mol. The second-order valence-electron chi connectivity index (χ2n) is 9.54. The van der Waals surface area contributed by atoms with Gasteiger partial charge in [-0.2, -0.15) is 13.2 Å². The van der Waals surface area contributed by atoms with Crippen LogP contribution in [0.25, 0.3) is 5.65 Å². The van der Waals surface area contributed by atoms with Crippen molar-refractivity contribution in [2.24, 2.45) is 0 Å². The van der Waals surface area contributed by atoms with Crippen molar-refractivity contribution >= 4 is 29.1 Å². The quantitative estimate of drug-likeness (QED) is 0.701. The summed E-state index contributed by atoms with van der Waals surface area (Å²) in [6.07, 6.45) is 0.850. The number of carbonyl (C=O) groups is 2. The minimum absolute atomic E-state index is 0.0120. The molecule has 1 N–H and O–H groups in total. The monoisotopic (exact) mass is 498 g/mol. The molecule has 0 bridgehead atoms. The van der Waals surface area contributed by atoms with Crippen molar-refractivity contribution in [3.05, 3.63) is 34.2 Å². The summed E-state index contributed by atoms with van der Waals surface area (Å²) in [5.74, 6) is -0.465. The van der Waals surface area contributed by atoms with E-state index in [4.69, 9.17) is 11.6 Å². The van der Waals surface area contributed by atoms with Crippen LogP contribution in [0.2, 0.25) is 5.15 Å². The van der Waals surface area contributed by atoms with E-state index >= 15 is 0 Å². The third-order valence-electron chi connectivity index (χ3n) is 7.14. The third-order valence-corrected chi connectivity index (χ3v) is 7.54. The van der Waals surface area contributed by atoms with Crippen LogP contribution in [-0.4, -0.2) is 67.9 Å². The molecule has 2 saturated carbocycles. The van der Waals surface area contributed by atoms with Gasteiger partial charge >= 0.3 is 6.18 Å². The Morgan fingerprint density at radius 1 is 1.15 bits per heavy atom. The Hall–Kier alpha value is -2.33. The Labute approximate surface area is 199 Å². The molecule has 2 amide bonds. The zero-order valence-electron chi connectivity index (χ0n) is 18.5. The SMILES string of the molecule is O=C(Cc1nc2c(C(F)(F)F)cc(C3CC3)cn2c1Cl)N1CCN(C2CCC(O)CC2)C(=O)C1. The summed E-state index contributed by atoms with van der Waals surface area (Å²) in [4.78, 5) is 32.9. The second-order valence-corrected chi connectivity index (χ2v) is 9.90. The highest BCUT2D eigenvalue weighted by atomic mass is 35.5. The van der Waals surface area contributed by atoms with E-state index in [0.29, 0.717) is 31.5 Å². The summed E-state index contributed by atoms with van der Waals surface area (Å²) < 4.78 is 42.3. The molecule has 5 rings (SSSR count). The Morgan fingerprint density at radius 2 is 1.85 bits per heavy atom. The molecule has 0 aromatic carbocycles. The molecule has 184 valence electrons. The first-order valence-corrected chi connectivity index (χ1v) is 12.0. The van der Waals surface area contributed by atoms with E-state index < -0.39 is 17.6 Å². The van der Waals surface area contributed by atoms with E-state index in [1.807, 2.05) is 0 Å². The van der Waals surface area contributed by atoms with Gasteiger partial charge in [0, 0.05) is 25.3 Å². The van der Waals surface area contributed by atoms with Crippen LogP contribution in [-0.2, 0) is 22.2 Å². The highest BCUT2D eigenvalue weighted by Gasteiger charge is 2.38. The van der Waals surface area contributed by atoms with Crippen molar-refractivity contribution < 1.29 is 27.9 Å². The molecule has 0 radical (unpaired) electrons. The standard InChI is InChI=1S/C23H26ClF3N4O3/c24-21-18(28-22-17(23(25,26)27)9-14(11-31(21)22)13-1-2-13)10-19(33)29-7-8-30(20(34)12-29)15-3-5-16(32)6-4-15/h9,11,13,15-16,32H,1-8,10,12H2. The number of rotatable bonds is 4. The van der Waals surface area contributed by atoms with Gasteiger partial charge in [0.25, 0.3) is 0 Å². The Balaban J connectivity index is 1.32. The smallest absolute Gasteiger partial charge is 0.393 e. The van der Waals surface area contributed by atoms with Crippen LogP contribution in [0.15, 0.2) is 12.3 Å². The zero-order chi connectivity index (χ0) is 24.2. The molecule has 3 fully saturated rings. The fourth-order valence-corrected chi connectivity index (χ4v) is 5.29. The molecule has 1 saturated heterocycles. The molecule has 11 heteroatoms. The number of aliphatic hydroxyl groups excluding tert-OH is 1. The highest BCUT2D eigenvalue weighted by molar-refractivity contribution is 6.30. The van der Waals surface area contributed by atoms with Crippen LogP contribution >= 0.6 is 11.6 Å². The molecule has 2 aliphatic carbocycles. The van der Waals surface area contributed by atoms with Crippen LogP contribution in [0, 0.1) is 0 Å². The Kier molecular flexibility index (Phi) is 6.00. The summed E-state index contributed by atoms with van der Waals surface area (Å²) in [7, 11) is 0. The number of hydrogen-bond donors (Lipinski definition) is 1. The van der Waals surface area contributed by atoms with E-state index in [9.17, 15) is 27.9 Å². The first-order chi connectivity index (χ1) is 16.1. The normalized spacial score (nSPS) is 24.2. The predicted molar refractivity (Wildman–Crippen MR) is 117 cm³/mol. The topological polar surface area (TPSA) is 78.2 Å². The summed E-state index contributed by atoms with van der Waals surface area (Å²) in [6.45, 7) is 0.657.